The van der Waals surface area contributed by atoms with E-state index in [-0.39, 0.29) is 0 Å². The highest BCUT2D eigenvalue weighted by molar-refractivity contribution is 7.98. The summed E-state index contributed by atoms with van der Waals surface area (Å²) < 4.78 is 0. The number of nitrogens with zero attached hydrogens (tertiary/aromatic N) is 2. The van der Waals surface area contributed by atoms with Gasteiger partial charge in [0, 0.05) is 16.1 Å². The quantitative estimate of drug-likeness (QED) is 0.442. The first-order valence-electron chi connectivity index (χ1n) is 6.00. The fourth-order valence-corrected chi connectivity index (χ4v) is 2.28. The lowest BCUT2D eigenvalue weighted by Crippen LogP contribution is -2.13. The number of thioether (sulfide) groups is 1. The number of anilines is 3. The fourth-order valence-electron chi connectivity index (χ4n) is 1.82. The summed E-state index contributed by atoms with van der Waals surface area (Å²) in [5.41, 5.74) is 4.57. The molecule has 1 heterocycles. The van der Waals surface area contributed by atoms with E-state index in [1.807, 2.05) is 19.1 Å². The third-order valence-electron chi connectivity index (χ3n) is 2.77. The van der Waals surface area contributed by atoms with Gasteiger partial charge in [0.1, 0.15) is 18.0 Å². The Kier molecular flexibility index (Phi) is 4.59. The van der Waals surface area contributed by atoms with Gasteiger partial charge >= 0.3 is 0 Å². The first kappa shape index (κ1) is 13.6. The van der Waals surface area contributed by atoms with E-state index in [2.05, 4.69) is 39.1 Å². The molecule has 100 valence electrons. The van der Waals surface area contributed by atoms with Gasteiger partial charge in [-0.3, -0.25) is 0 Å². The Morgan fingerprint density at radius 1 is 1.26 bits per heavy atom. The van der Waals surface area contributed by atoms with E-state index >= 15 is 0 Å². The van der Waals surface area contributed by atoms with Gasteiger partial charge in [-0.25, -0.2) is 15.8 Å². The summed E-state index contributed by atoms with van der Waals surface area (Å²) in [7, 11) is 0. The van der Waals surface area contributed by atoms with Crippen LogP contribution >= 0.6 is 11.8 Å². The van der Waals surface area contributed by atoms with Gasteiger partial charge in [0.2, 0.25) is 0 Å². The molecule has 0 aliphatic heterocycles. The summed E-state index contributed by atoms with van der Waals surface area (Å²) in [6, 6.07) is 8.19. The van der Waals surface area contributed by atoms with Crippen molar-refractivity contribution in [1.29, 1.82) is 0 Å². The molecule has 5 nitrogen and oxygen atoms in total. The number of nitrogen functional groups attached to an aromatic ring is 1. The largest absolute Gasteiger partial charge is 0.340 e. The number of benzene rings is 1. The lowest BCUT2D eigenvalue weighted by atomic mass is 10.2. The lowest BCUT2D eigenvalue weighted by Gasteiger charge is -2.13. The molecule has 1 aromatic heterocycles. The zero-order chi connectivity index (χ0) is 13.7. The second-order valence-electron chi connectivity index (χ2n) is 3.90. The average Bonchev–Trinajstić information content (AvgIpc) is 2.47. The predicted octanol–water partition coefficient (Wildman–Crippen LogP) is 2.79. The van der Waals surface area contributed by atoms with Crippen LogP contribution in [0.5, 0.6) is 0 Å². The van der Waals surface area contributed by atoms with Gasteiger partial charge in [-0.15, -0.1) is 11.8 Å². The highest BCUT2D eigenvalue weighted by Crippen LogP contribution is 2.25. The molecular weight excluding hydrogens is 258 g/mol. The van der Waals surface area contributed by atoms with Gasteiger partial charge in [0.05, 0.1) is 0 Å². The molecule has 2 rings (SSSR count). The molecule has 2 aromatic rings. The Bertz CT molecular complexity index is 558. The van der Waals surface area contributed by atoms with Crippen molar-refractivity contribution in [2.24, 2.45) is 5.84 Å². The van der Waals surface area contributed by atoms with Crippen molar-refractivity contribution in [1.82, 2.24) is 9.97 Å². The molecule has 0 amide bonds. The van der Waals surface area contributed by atoms with Crippen LogP contribution in [0.4, 0.5) is 17.3 Å². The number of hydrogen-bond acceptors (Lipinski definition) is 6. The molecule has 0 atom stereocenters. The number of aromatic nitrogens is 2. The highest BCUT2D eigenvalue weighted by atomic mass is 32.2. The third kappa shape index (κ3) is 3.15. The third-order valence-corrected chi connectivity index (χ3v) is 3.49. The van der Waals surface area contributed by atoms with Crippen LogP contribution in [-0.2, 0) is 6.42 Å². The maximum Gasteiger partial charge on any atom is 0.148 e. The smallest absolute Gasteiger partial charge is 0.148 e. The van der Waals surface area contributed by atoms with E-state index < -0.39 is 0 Å². The Hall–Kier alpha value is -1.79. The van der Waals surface area contributed by atoms with E-state index in [0.29, 0.717) is 5.82 Å². The summed E-state index contributed by atoms with van der Waals surface area (Å²) in [5, 5.41) is 3.31. The summed E-state index contributed by atoms with van der Waals surface area (Å²) >= 11 is 1.71. The summed E-state index contributed by atoms with van der Waals surface area (Å²) in [5.74, 6) is 6.90. The van der Waals surface area contributed by atoms with Crippen molar-refractivity contribution in [3.63, 3.8) is 0 Å². The van der Waals surface area contributed by atoms with Crippen molar-refractivity contribution in [3.05, 3.63) is 36.2 Å². The summed E-state index contributed by atoms with van der Waals surface area (Å²) in [4.78, 5) is 9.60. The second-order valence-corrected chi connectivity index (χ2v) is 4.78. The monoisotopic (exact) mass is 275 g/mol. The Balaban J connectivity index is 2.32. The number of hydrogen-bond donors (Lipinski definition) is 3. The van der Waals surface area contributed by atoms with E-state index in [0.717, 1.165) is 23.5 Å². The fraction of sp³-hybridized carbons (Fsp3) is 0.231. The molecule has 4 N–H and O–H groups in total. The van der Waals surface area contributed by atoms with Crippen LogP contribution in [0.1, 0.15) is 12.5 Å². The number of rotatable bonds is 5. The SMILES string of the molecule is CCc1c(NN)ncnc1Nc1cccc(SC)c1. The molecule has 0 fully saturated rings. The Labute approximate surface area is 117 Å². The van der Waals surface area contributed by atoms with Crippen LogP contribution in [0, 0.1) is 0 Å². The van der Waals surface area contributed by atoms with Gasteiger partial charge in [-0.1, -0.05) is 13.0 Å². The molecule has 0 aliphatic rings. The first-order chi connectivity index (χ1) is 9.28. The van der Waals surface area contributed by atoms with Crippen LogP contribution in [-0.4, -0.2) is 16.2 Å². The zero-order valence-electron chi connectivity index (χ0n) is 11.0. The molecule has 1 aromatic carbocycles. The zero-order valence-corrected chi connectivity index (χ0v) is 11.8. The molecule has 0 saturated heterocycles. The van der Waals surface area contributed by atoms with Crippen molar-refractivity contribution >= 4 is 29.1 Å². The minimum atomic E-state index is 0.654. The maximum atomic E-state index is 5.46. The molecule has 19 heavy (non-hydrogen) atoms. The van der Waals surface area contributed by atoms with Crippen LogP contribution < -0.4 is 16.6 Å². The van der Waals surface area contributed by atoms with Crippen LogP contribution in [0.3, 0.4) is 0 Å². The molecular formula is C13H17N5S. The van der Waals surface area contributed by atoms with E-state index in [1.165, 1.54) is 11.2 Å². The van der Waals surface area contributed by atoms with Crippen molar-refractivity contribution in [2.75, 3.05) is 17.0 Å². The number of nitrogens with two attached hydrogens (primary N) is 1. The lowest BCUT2D eigenvalue weighted by molar-refractivity contribution is 1.04. The topological polar surface area (TPSA) is 75.9 Å². The maximum absolute atomic E-state index is 5.46. The van der Waals surface area contributed by atoms with Gasteiger partial charge < -0.3 is 10.7 Å². The number of hydrazine groups is 1. The molecule has 0 unspecified atom stereocenters. The Morgan fingerprint density at radius 2 is 2.05 bits per heavy atom. The van der Waals surface area contributed by atoms with E-state index in [9.17, 15) is 0 Å². The molecule has 0 aliphatic carbocycles. The van der Waals surface area contributed by atoms with Crippen molar-refractivity contribution in [2.45, 2.75) is 18.2 Å². The van der Waals surface area contributed by atoms with E-state index in [4.69, 9.17) is 5.84 Å². The molecule has 0 spiro atoms. The van der Waals surface area contributed by atoms with Gasteiger partial charge in [-0.05, 0) is 30.9 Å². The second kappa shape index (κ2) is 6.40. The van der Waals surface area contributed by atoms with Crippen LogP contribution in [0.25, 0.3) is 0 Å². The molecule has 0 saturated carbocycles. The van der Waals surface area contributed by atoms with Gasteiger partial charge in [0.15, 0.2) is 0 Å². The van der Waals surface area contributed by atoms with Crippen LogP contribution in [0.15, 0.2) is 35.5 Å². The average molecular weight is 275 g/mol. The Morgan fingerprint density at radius 3 is 2.74 bits per heavy atom. The molecule has 6 heteroatoms. The summed E-state index contributed by atoms with van der Waals surface area (Å²) in [6.07, 6.45) is 4.34. The molecule has 0 bridgehead atoms. The normalized spacial score (nSPS) is 10.3. The van der Waals surface area contributed by atoms with E-state index in [1.54, 1.807) is 11.8 Å². The summed E-state index contributed by atoms with van der Waals surface area (Å²) in [6.45, 7) is 2.04. The minimum Gasteiger partial charge on any atom is -0.340 e. The first-order valence-corrected chi connectivity index (χ1v) is 7.22. The highest BCUT2D eigenvalue weighted by Gasteiger charge is 2.09. The van der Waals surface area contributed by atoms with Crippen molar-refractivity contribution in [3.8, 4) is 0 Å². The van der Waals surface area contributed by atoms with Gasteiger partial charge in [0.25, 0.3) is 0 Å². The van der Waals surface area contributed by atoms with Crippen molar-refractivity contribution < 1.29 is 0 Å². The number of nitrogens with one attached hydrogen (secondary N) is 2. The minimum absolute atomic E-state index is 0.654. The predicted molar refractivity (Wildman–Crippen MR) is 80.7 cm³/mol. The van der Waals surface area contributed by atoms with Crippen LogP contribution in [0.2, 0.25) is 0 Å². The molecule has 0 radical (unpaired) electrons. The standard InChI is InChI=1S/C13H17N5S/c1-3-11-12(15-8-16-13(11)18-14)17-9-5-4-6-10(7-9)19-2/h4-8H,3,14H2,1-2H3,(H2,15,16,17,18). The van der Waals surface area contributed by atoms with Gasteiger partial charge in [-0.2, -0.15) is 0 Å².